The molecule has 1 saturated heterocycles. The Morgan fingerprint density at radius 2 is 2.00 bits per heavy atom. The van der Waals surface area contributed by atoms with Crippen LogP contribution < -0.4 is 0 Å². The Labute approximate surface area is 135 Å². The molecule has 1 atom stereocenters. The minimum Gasteiger partial charge on any atom is -0.481 e. The molecule has 1 fully saturated rings. The molecule has 1 aromatic carbocycles. The number of piperidine rings is 1. The van der Waals surface area contributed by atoms with Crippen molar-refractivity contribution in [3.05, 3.63) is 41.8 Å². The number of nitrogens with zero attached hydrogens (tertiary/aromatic N) is 2. The summed E-state index contributed by atoms with van der Waals surface area (Å²) in [4.78, 5) is 28.7. The van der Waals surface area contributed by atoms with Crippen molar-refractivity contribution in [1.82, 2.24) is 9.88 Å². The lowest BCUT2D eigenvalue weighted by Crippen LogP contribution is -2.42. The van der Waals surface area contributed by atoms with E-state index in [2.05, 4.69) is 4.98 Å². The number of oxazole rings is 1. The highest BCUT2D eigenvalue weighted by molar-refractivity contribution is 5.92. The Morgan fingerprint density at radius 3 is 2.67 bits per heavy atom. The van der Waals surface area contributed by atoms with Gasteiger partial charge in [-0.05, 0) is 25.0 Å². The first-order chi connectivity index (χ1) is 11.5. The fourth-order valence-corrected chi connectivity index (χ4v) is 2.71. The van der Waals surface area contributed by atoms with E-state index in [1.807, 2.05) is 0 Å². The number of carboxylic acids is 1. The number of halogens is 2. The molecular weight excluding hydrogens is 322 g/mol. The lowest BCUT2D eigenvalue weighted by atomic mass is 9.98. The molecular formula is C16H14F2N2O4. The number of aromatic nitrogens is 1. The zero-order chi connectivity index (χ0) is 17.3. The molecule has 2 aromatic rings. The summed E-state index contributed by atoms with van der Waals surface area (Å²) >= 11 is 0. The predicted molar refractivity (Wildman–Crippen MR) is 78.1 cm³/mol. The molecule has 1 N–H and O–H groups in total. The number of benzene rings is 1. The fourth-order valence-electron chi connectivity index (χ4n) is 2.71. The average Bonchev–Trinajstić information content (AvgIpc) is 3.03. The number of hydrogen-bond acceptors (Lipinski definition) is 4. The van der Waals surface area contributed by atoms with Gasteiger partial charge in [0, 0.05) is 13.1 Å². The van der Waals surface area contributed by atoms with Crippen LogP contribution in [-0.4, -0.2) is 40.0 Å². The number of rotatable bonds is 3. The van der Waals surface area contributed by atoms with Crippen LogP contribution in [0.5, 0.6) is 0 Å². The minimum absolute atomic E-state index is 0.0738. The van der Waals surface area contributed by atoms with Gasteiger partial charge in [-0.25, -0.2) is 13.8 Å². The summed E-state index contributed by atoms with van der Waals surface area (Å²) < 4.78 is 32.5. The fraction of sp³-hybridized carbons (Fsp3) is 0.312. The molecule has 24 heavy (non-hydrogen) atoms. The number of likely N-dealkylation sites (tertiary alicyclic amines) is 1. The van der Waals surface area contributed by atoms with E-state index in [0.717, 1.165) is 18.4 Å². The SMILES string of the molecule is O=C(O)C1CCCN(C(=O)c2coc(-c3c(F)cccc3F)n2)C1. The van der Waals surface area contributed by atoms with Gasteiger partial charge in [-0.3, -0.25) is 9.59 Å². The van der Waals surface area contributed by atoms with Crippen LogP contribution in [0.15, 0.2) is 28.9 Å². The Bertz CT molecular complexity index is 770. The first kappa shape index (κ1) is 16.1. The van der Waals surface area contributed by atoms with Crippen molar-refractivity contribution >= 4 is 11.9 Å². The summed E-state index contributed by atoms with van der Waals surface area (Å²) in [5.74, 6) is -4.13. The number of carbonyl (C=O) groups excluding carboxylic acids is 1. The van der Waals surface area contributed by atoms with Crippen LogP contribution in [0, 0.1) is 17.6 Å². The maximum absolute atomic E-state index is 13.7. The smallest absolute Gasteiger partial charge is 0.308 e. The second kappa shape index (κ2) is 6.38. The van der Waals surface area contributed by atoms with E-state index in [9.17, 15) is 18.4 Å². The quantitative estimate of drug-likeness (QED) is 0.931. The van der Waals surface area contributed by atoms with Crippen LogP contribution in [0.4, 0.5) is 8.78 Å². The third-order valence-corrected chi connectivity index (χ3v) is 3.96. The van der Waals surface area contributed by atoms with Gasteiger partial charge in [0.2, 0.25) is 5.89 Å². The monoisotopic (exact) mass is 336 g/mol. The lowest BCUT2D eigenvalue weighted by Gasteiger charge is -2.29. The second-order valence-electron chi connectivity index (χ2n) is 5.56. The van der Waals surface area contributed by atoms with E-state index in [1.165, 1.54) is 11.0 Å². The van der Waals surface area contributed by atoms with Gasteiger partial charge in [0.15, 0.2) is 5.69 Å². The van der Waals surface area contributed by atoms with Gasteiger partial charge in [-0.2, -0.15) is 0 Å². The van der Waals surface area contributed by atoms with Crippen LogP contribution in [0.25, 0.3) is 11.5 Å². The number of carboxylic acid groups (broad SMARTS) is 1. The van der Waals surface area contributed by atoms with Gasteiger partial charge in [-0.1, -0.05) is 6.07 Å². The van der Waals surface area contributed by atoms with Crippen molar-refractivity contribution in [1.29, 1.82) is 0 Å². The zero-order valence-corrected chi connectivity index (χ0v) is 12.5. The predicted octanol–water partition coefficient (Wildman–Crippen LogP) is 2.56. The third kappa shape index (κ3) is 2.99. The first-order valence-corrected chi connectivity index (χ1v) is 7.39. The molecule has 1 unspecified atom stereocenters. The molecule has 1 aliphatic rings. The standard InChI is InChI=1S/C16H14F2N2O4/c17-10-4-1-5-11(18)13(10)14-19-12(8-24-14)15(21)20-6-2-3-9(7-20)16(22)23/h1,4-5,8-9H,2-3,6-7H2,(H,22,23). The van der Waals surface area contributed by atoms with Gasteiger partial charge in [-0.15, -0.1) is 0 Å². The highest BCUT2D eigenvalue weighted by Gasteiger charge is 2.30. The maximum atomic E-state index is 13.7. The normalized spacial score (nSPS) is 17.8. The summed E-state index contributed by atoms with van der Waals surface area (Å²) in [7, 11) is 0. The summed E-state index contributed by atoms with van der Waals surface area (Å²) in [5, 5.41) is 9.07. The molecule has 8 heteroatoms. The Morgan fingerprint density at radius 1 is 1.29 bits per heavy atom. The number of amides is 1. The molecule has 126 valence electrons. The van der Waals surface area contributed by atoms with E-state index in [1.54, 1.807) is 0 Å². The molecule has 0 bridgehead atoms. The van der Waals surface area contributed by atoms with Crippen LogP contribution >= 0.6 is 0 Å². The van der Waals surface area contributed by atoms with Crippen LogP contribution in [0.3, 0.4) is 0 Å². The molecule has 0 aliphatic carbocycles. The highest BCUT2D eigenvalue weighted by atomic mass is 19.1. The number of aliphatic carboxylic acids is 1. The van der Waals surface area contributed by atoms with E-state index >= 15 is 0 Å². The van der Waals surface area contributed by atoms with E-state index < -0.39 is 35.0 Å². The van der Waals surface area contributed by atoms with Crippen LogP contribution in [0.2, 0.25) is 0 Å². The van der Waals surface area contributed by atoms with Crippen molar-refractivity contribution in [2.24, 2.45) is 5.92 Å². The Kier molecular flexibility index (Phi) is 4.28. The average molecular weight is 336 g/mol. The molecule has 1 amide bonds. The molecule has 3 rings (SSSR count). The van der Waals surface area contributed by atoms with Crippen LogP contribution in [0.1, 0.15) is 23.3 Å². The van der Waals surface area contributed by atoms with E-state index in [-0.39, 0.29) is 18.1 Å². The van der Waals surface area contributed by atoms with Gasteiger partial charge >= 0.3 is 5.97 Å². The third-order valence-electron chi connectivity index (χ3n) is 3.96. The Hall–Kier alpha value is -2.77. The van der Waals surface area contributed by atoms with E-state index in [0.29, 0.717) is 19.4 Å². The zero-order valence-electron chi connectivity index (χ0n) is 12.5. The van der Waals surface area contributed by atoms with E-state index in [4.69, 9.17) is 9.52 Å². The van der Waals surface area contributed by atoms with Crippen molar-refractivity contribution < 1.29 is 27.9 Å². The summed E-state index contributed by atoms with van der Waals surface area (Å²) in [6.07, 6.45) is 2.09. The van der Waals surface area contributed by atoms with Gasteiger partial charge in [0.1, 0.15) is 23.5 Å². The summed E-state index contributed by atoms with van der Waals surface area (Å²) in [5.41, 5.74) is -0.558. The van der Waals surface area contributed by atoms with Gasteiger partial charge in [0.05, 0.1) is 5.92 Å². The largest absolute Gasteiger partial charge is 0.481 e. The molecule has 2 heterocycles. The molecule has 1 aliphatic heterocycles. The molecule has 0 spiro atoms. The van der Waals surface area contributed by atoms with Crippen LogP contribution in [-0.2, 0) is 4.79 Å². The highest BCUT2D eigenvalue weighted by Crippen LogP contribution is 2.26. The first-order valence-electron chi connectivity index (χ1n) is 7.39. The van der Waals surface area contributed by atoms with Crippen molar-refractivity contribution in [3.8, 4) is 11.5 Å². The molecule has 6 nitrogen and oxygen atoms in total. The topological polar surface area (TPSA) is 83.6 Å². The van der Waals surface area contributed by atoms with Crippen molar-refractivity contribution in [2.45, 2.75) is 12.8 Å². The molecule has 0 radical (unpaired) electrons. The maximum Gasteiger partial charge on any atom is 0.308 e. The number of hydrogen-bond donors (Lipinski definition) is 1. The van der Waals surface area contributed by atoms with Crippen molar-refractivity contribution in [2.75, 3.05) is 13.1 Å². The van der Waals surface area contributed by atoms with Gasteiger partial charge in [0.25, 0.3) is 5.91 Å². The van der Waals surface area contributed by atoms with Crippen molar-refractivity contribution in [3.63, 3.8) is 0 Å². The Balaban J connectivity index is 1.83. The second-order valence-corrected chi connectivity index (χ2v) is 5.56. The van der Waals surface area contributed by atoms with Gasteiger partial charge < -0.3 is 14.4 Å². The number of carbonyl (C=O) groups is 2. The molecule has 0 saturated carbocycles. The summed E-state index contributed by atoms with van der Waals surface area (Å²) in [6.45, 7) is 0.475. The lowest BCUT2D eigenvalue weighted by molar-refractivity contribution is -0.143. The summed E-state index contributed by atoms with van der Waals surface area (Å²) in [6, 6.07) is 3.33. The molecule has 1 aromatic heterocycles. The minimum atomic E-state index is -0.957.